The van der Waals surface area contributed by atoms with Gasteiger partial charge in [-0.2, -0.15) is 0 Å². The van der Waals surface area contributed by atoms with Crippen LogP contribution >= 0.6 is 11.3 Å². The average molecular weight is 303 g/mol. The molecule has 0 saturated carbocycles. The fourth-order valence-electron chi connectivity index (χ4n) is 2.88. The van der Waals surface area contributed by atoms with Crippen molar-refractivity contribution in [3.63, 3.8) is 0 Å². The van der Waals surface area contributed by atoms with Crippen LogP contribution in [-0.4, -0.2) is 34.8 Å². The van der Waals surface area contributed by atoms with Crippen molar-refractivity contribution >= 4 is 11.3 Å². The van der Waals surface area contributed by atoms with Crippen molar-refractivity contribution in [3.05, 3.63) is 40.4 Å². The second-order valence-electron chi connectivity index (χ2n) is 5.48. The number of hydrogen-bond donors (Lipinski definition) is 0. The van der Waals surface area contributed by atoms with E-state index in [0.29, 0.717) is 17.8 Å². The lowest BCUT2D eigenvalue weighted by Crippen LogP contribution is -2.36. The van der Waals surface area contributed by atoms with E-state index in [4.69, 9.17) is 4.74 Å². The van der Waals surface area contributed by atoms with Gasteiger partial charge in [-0.15, -0.1) is 10.2 Å². The minimum atomic E-state index is 0.583. The van der Waals surface area contributed by atoms with Gasteiger partial charge in [0.15, 0.2) is 0 Å². The number of nitrogens with zero attached hydrogens (tertiary/aromatic N) is 3. The van der Waals surface area contributed by atoms with Gasteiger partial charge in [-0.05, 0) is 44.4 Å². The SMILES string of the molecule is CCOc1nnc(CN(C)[C@H]2CCc3ccccc3C2)s1. The maximum atomic E-state index is 5.39. The Kier molecular flexibility index (Phi) is 4.51. The monoisotopic (exact) mass is 303 g/mol. The Morgan fingerprint density at radius 3 is 2.90 bits per heavy atom. The fraction of sp³-hybridized carbons (Fsp3) is 0.500. The van der Waals surface area contributed by atoms with E-state index < -0.39 is 0 Å². The Morgan fingerprint density at radius 2 is 2.10 bits per heavy atom. The van der Waals surface area contributed by atoms with E-state index in [1.807, 2.05) is 6.92 Å². The number of rotatable bonds is 5. The molecule has 1 heterocycles. The summed E-state index contributed by atoms with van der Waals surface area (Å²) >= 11 is 1.55. The summed E-state index contributed by atoms with van der Waals surface area (Å²) in [6.45, 7) is 3.45. The van der Waals surface area contributed by atoms with Crippen molar-refractivity contribution < 1.29 is 4.74 Å². The predicted molar refractivity (Wildman–Crippen MR) is 84.8 cm³/mol. The molecule has 0 unspecified atom stereocenters. The van der Waals surface area contributed by atoms with Crippen molar-refractivity contribution in [2.45, 2.75) is 38.8 Å². The summed E-state index contributed by atoms with van der Waals surface area (Å²) in [5.41, 5.74) is 3.00. The quantitative estimate of drug-likeness (QED) is 0.851. The number of ether oxygens (including phenoxy) is 1. The zero-order valence-corrected chi connectivity index (χ0v) is 13.4. The summed E-state index contributed by atoms with van der Waals surface area (Å²) in [5.74, 6) is 0. The Balaban J connectivity index is 1.62. The van der Waals surface area contributed by atoms with E-state index in [9.17, 15) is 0 Å². The normalized spacial score (nSPS) is 17.8. The number of aryl methyl sites for hydroxylation is 1. The predicted octanol–water partition coefficient (Wildman–Crippen LogP) is 2.93. The van der Waals surface area contributed by atoms with Crippen molar-refractivity contribution in [1.29, 1.82) is 0 Å². The van der Waals surface area contributed by atoms with E-state index in [0.717, 1.165) is 18.0 Å². The van der Waals surface area contributed by atoms with Gasteiger partial charge < -0.3 is 4.74 Å². The Bertz CT molecular complexity index is 599. The minimum Gasteiger partial charge on any atom is -0.469 e. The molecule has 0 spiro atoms. The van der Waals surface area contributed by atoms with Crippen LogP contribution in [0.1, 0.15) is 29.5 Å². The zero-order chi connectivity index (χ0) is 14.7. The highest BCUT2D eigenvalue weighted by atomic mass is 32.1. The molecule has 0 amide bonds. The van der Waals surface area contributed by atoms with Gasteiger partial charge in [-0.3, -0.25) is 4.90 Å². The van der Waals surface area contributed by atoms with Gasteiger partial charge >= 0.3 is 0 Å². The molecule has 1 aromatic carbocycles. The van der Waals surface area contributed by atoms with Crippen LogP contribution in [0, 0.1) is 0 Å². The summed E-state index contributed by atoms with van der Waals surface area (Å²) < 4.78 is 5.39. The molecule has 3 rings (SSSR count). The first-order valence-electron chi connectivity index (χ1n) is 7.48. The van der Waals surface area contributed by atoms with Crippen LogP contribution in [0.25, 0.3) is 0 Å². The second kappa shape index (κ2) is 6.54. The van der Waals surface area contributed by atoms with Crippen molar-refractivity contribution in [2.75, 3.05) is 13.7 Å². The molecule has 0 radical (unpaired) electrons. The summed E-state index contributed by atoms with van der Waals surface area (Å²) in [4.78, 5) is 2.40. The van der Waals surface area contributed by atoms with Crippen LogP contribution in [0.3, 0.4) is 0 Å². The van der Waals surface area contributed by atoms with Gasteiger partial charge in [-0.25, -0.2) is 0 Å². The van der Waals surface area contributed by atoms with Crippen LogP contribution in [0.5, 0.6) is 5.19 Å². The van der Waals surface area contributed by atoms with Crippen molar-refractivity contribution in [1.82, 2.24) is 15.1 Å². The molecule has 1 aliphatic carbocycles. The van der Waals surface area contributed by atoms with E-state index in [1.165, 1.54) is 24.0 Å². The second-order valence-corrected chi connectivity index (χ2v) is 6.50. The molecule has 0 bridgehead atoms. The molecule has 1 aromatic heterocycles. The molecule has 1 aliphatic rings. The van der Waals surface area contributed by atoms with Crippen LogP contribution in [0.2, 0.25) is 0 Å². The number of likely N-dealkylation sites (N-methyl/N-ethyl adjacent to an activating group) is 1. The topological polar surface area (TPSA) is 38.3 Å². The molecule has 21 heavy (non-hydrogen) atoms. The van der Waals surface area contributed by atoms with E-state index in [1.54, 1.807) is 11.3 Å². The van der Waals surface area contributed by atoms with E-state index in [-0.39, 0.29) is 0 Å². The maximum absolute atomic E-state index is 5.39. The molecular formula is C16H21N3OS. The van der Waals surface area contributed by atoms with Crippen LogP contribution in [0.4, 0.5) is 0 Å². The first-order chi connectivity index (χ1) is 10.3. The van der Waals surface area contributed by atoms with E-state index in [2.05, 4.69) is 46.4 Å². The van der Waals surface area contributed by atoms with Gasteiger partial charge in [0.1, 0.15) is 5.01 Å². The number of benzene rings is 1. The summed E-state index contributed by atoms with van der Waals surface area (Å²) in [5, 5.41) is 9.98. The van der Waals surface area contributed by atoms with Crippen LogP contribution in [0.15, 0.2) is 24.3 Å². The molecule has 112 valence electrons. The molecular weight excluding hydrogens is 282 g/mol. The number of fused-ring (bicyclic) bond motifs is 1. The highest BCUT2D eigenvalue weighted by Gasteiger charge is 2.22. The number of aromatic nitrogens is 2. The van der Waals surface area contributed by atoms with Gasteiger partial charge in [0.25, 0.3) is 5.19 Å². The van der Waals surface area contributed by atoms with Gasteiger partial charge in [-0.1, -0.05) is 35.6 Å². The Morgan fingerprint density at radius 1 is 1.29 bits per heavy atom. The standard InChI is InChI=1S/C16H21N3OS/c1-3-20-16-18-17-15(21-16)11-19(2)14-9-8-12-6-4-5-7-13(12)10-14/h4-7,14H,3,8-11H2,1-2H3/t14-/m0/s1. The molecule has 0 fully saturated rings. The first kappa shape index (κ1) is 14.5. The third kappa shape index (κ3) is 3.41. The Labute approximate surface area is 129 Å². The van der Waals surface area contributed by atoms with Crippen LogP contribution in [-0.2, 0) is 19.4 Å². The molecule has 0 saturated heterocycles. The molecule has 2 aromatic rings. The summed E-state index contributed by atoms with van der Waals surface area (Å²) in [6.07, 6.45) is 3.51. The van der Waals surface area contributed by atoms with Gasteiger partial charge in [0.05, 0.1) is 13.2 Å². The molecule has 1 atom stereocenters. The highest BCUT2D eigenvalue weighted by Crippen LogP contribution is 2.26. The third-order valence-electron chi connectivity index (χ3n) is 4.04. The van der Waals surface area contributed by atoms with E-state index >= 15 is 0 Å². The molecule has 5 heteroatoms. The maximum Gasteiger partial charge on any atom is 0.294 e. The summed E-state index contributed by atoms with van der Waals surface area (Å²) in [7, 11) is 2.18. The Hall–Kier alpha value is -1.46. The number of hydrogen-bond acceptors (Lipinski definition) is 5. The molecule has 0 aliphatic heterocycles. The van der Waals surface area contributed by atoms with Gasteiger partial charge in [0, 0.05) is 6.04 Å². The minimum absolute atomic E-state index is 0.583. The lowest BCUT2D eigenvalue weighted by Gasteiger charge is -2.31. The summed E-state index contributed by atoms with van der Waals surface area (Å²) in [6, 6.07) is 9.37. The van der Waals surface area contributed by atoms with Crippen molar-refractivity contribution in [3.8, 4) is 5.19 Å². The third-order valence-corrected chi connectivity index (χ3v) is 4.87. The average Bonchev–Trinajstić information content (AvgIpc) is 2.94. The first-order valence-corrected chi connectivity index (χ1v) is 8.30. The van der Waals surface area contributed by atoms with Crippen molar-refractivity contribution in [2.24, 2.45) is 0 Å². The molecule has 4 nitrogen and oxygen atoms in total. The fourth-order valence-corrected chi connectivity index (χ4v) is 3.69. The van der Waals surface area contributed by atoms with Crippen LogP contribution < -0.4 is 4.74 Å². The highest BCUT2D eigenvalue weighted by molar-refractivity contribution is 7.13. The smallest absolute Gasteiger partial charge is 0.294 e. The lowest BCUT2D eigenvalue weighted by molar-refractivity contribution is 0.213. The zero-order valence-electron chi connectivity index (χ0n) is 12.6. The largest absolute Gasteiger partial charge is 0.469 e. The lowest BCUT2D eigenvalue weighted by atomic mass is 9.88. The molecule has 0 N–H and O–H groups in total. The van der Waals surface area contributed by atoms with Gasteiger partial charge in [0.2, 0.25) is 0 Å².